The number of hydrogen-bond acceptors (Lipinski definition) is 3. The molecule has 0 saturated heterocycles. The molecule has 0 bridgehead atoms. The van der Waals surface area contributed by atoms with E-state index in [0.29, 0.717) is 23.7 Å². The van der Waals surface area contributed by atoms with E-state index in [4.69, 9.17) is 21.4 Å². The fourth-order valence-electron chi connectivity index (χ4n) is 1.32. The summed E-state index contributed by atoms with van der Waals surface area (Å²) >= 11 is 5.90. The van der Waals surface area contributed by atoms with Crippen molar-refractivity contribution >= 4 is 17.5 Å². The zero-order valence-corrected chi connectivity index (χ0v) is 11.1. The summed E-state index contributed by atoms with van der Waals surface area (Å²) < 4.78 is 5.39. The Morgan fingerprint density at radius 2 is 2.22 bits per heavy atom. The molecule has 0 aliphatic heterocycles. The molecule has 100 valence electrons. The van der Waals surface area contributed by atoms with Crippen molar-refractivity contribution in [2.45, 2.75) is 25.9 Å². The van der Waals surface area contributed by atoms with Crippen LogP contribution in [0.15, 0.2) is 24.3 Å². The van der Waals surface area contributed by atoms with E-state index in [2.05, 4.69) is 5.32 Å². The van der Waals surface area contributed by atoms with Gasteiger partial charge >= 0.3 is 0 Å². The van der Waals surface area contributed by atoms with Gasteiger partial charge in [0, 0.05) is 6.54 Å². The van der Waals surface area contributed by atoms with Crippen LogP contribution in [0.1, 0.15) is 19.8 Å². The smallest absolute Gasteiger partial charge is 0.223 e. The molecule has 0 radical (unpaired) electrons. The molecule has 0 spiro atoms. The highest BCUT2D eigenvalue weighted by Gasteiger charge is 2.04. The van der Waals surface area contributed by atoms with Gasteiger partial charge in [-0.15, -0.1) is 0 Å². The number of nitrogens with one attached hydrogen (secondary N) is 1. The number of rotatable bonds is 7. The van der Waals surface area contributed by atoms with Crippen molar-refractivity contribution in [3.05, 3.63) is 29.3 Å². The summed E-state index contributed by atoms with van der Waals surface area (Å²) in [5.41, 5.74) is 0. The number of ether oxygens (including phenoxy) is 1. The van der Waals surface area contributed by atoms with E-state index in [9.17, 15) is 4.79 Å². The summed E-state index contributed by atoms with van der Waals surface area (Å²) in [6, 6.07) is 7.13. The third kappa shape index (κ3) is 5.89. The first-order chi connectivity index (χ1) is 8.59. The lowest BCUT2D eigenvalue weighted by molar-refractivity contribution is -0.121. The second-order valence-electron chi connectivity index (χ2n) is 4.02. The van der Waals surface area contributed by atoms with E-state index in [0.717, 1.165) is 0 Å². The molecule has 2 N–H and O–H groups in total. The predicted molar refractivity (Wildman–Crippen MR) is 70.9 cm³/mol. The van der Waals surface area contributed by atoms with Crippen LogP contribution >= 0.6 is 11.6 Å². The van der Waals surface area contributed by atoms with Gasteiger partial charge in [0.25, 0.3) is 0 Å². The van der Waals surface area contributed by atoms with E-state index in [1.165, 1.54) is 0 Å². The van der Waals surface area contributed by atoms with Crippen molar-refractivity contribution in [2.24, 2.45) is 0 Å². The Balaban J connectivity index is 2.18. The van der Waals surface area contributed by atoms with Crippen LogP contribution in [-0.4, -0.2) is 30.3 Å². The summed E-state index contributed by atoms with van der Waals surface area (Å²) in [5.74, 6) is 0.485. The minimum atomic E-state index is -0.398. The summed E-state index contributed by atoms with van der Waals surface area (Å²) in [7, 11) is 0. The Kier molecular flexibility index (Phi) is 6.54. The lowest BCUT2D eigenvalue weighted by Gasteiger charge is -2.09. The van der Waals surface area contributed by atoms with Gasteiger partial charge in [0.2, 0.25) is 5.91 Å². The lowest BCUT2D eigenvalue weighted by Crippen LogP contribution is -2.27. The molecule has 0 fully saturated rings. The van der Waals surface area contributed by atoms with Crippen molar-refractivity contribution in [1.82, 2.24) is 5.32 Å². The highest BCUT2D eigenvalue weighted by Crippen LogP contribution is 2.22. The summed E-state index contributed by atoms with van der Waals surface area (Å²) in [5, 5.41) is 12.3. The highest BCUT2D eigenvalue weighted by atomic mass is 35.5. The van der Waals surface area contributed by atoms with Crippen molar-refractivity contribution < 1.29 is 14.6 Å². The van der Waals surface area contributed by atoms with Gasteiger partial charge in [-0.2, -0.15) is 0 Å². The molecule has 5 heteroatoms. The van der Waals surface area contributed by atoms with Crippen molar-refractivity contribution in [2.75, 3.05) is 13.2 Å². The van der Waals surface area contributed by atoms with E-state index >= 15 is 0 Å². The molecule has 0 aliphatic rings. The molecule has 1 unspecified atom stereocenters. The average molecular weight is 272 g/mol. The normalized spacial score (nSPS) is 11.9. The lowest BCUT2D eigenvalue weighted by atomic mass is 10.3. The van der Waals surface area contributed by atoms with Crippen LogP contribution in [0.2, 0.25) is 5.02 Å². The van der Waals surface area contributed by atoms with Crippen LogP contribution < -0.4 is 10.1 Å². The molecule has 1 aromatic carbocycles. The van der Waals surface area contributed by atoms with Gasteiger partial charge in [-0.3, -0.25) is 4.79 Å². The number of carbonyl (C=O) groups is 1. The minimum absolute atomic E-state index is 0.0947. The number of amides is 1. The van der Waals surface area contributed by atoms with E-state index in [1.54, 1.807) is 19.1 Å². The number of aliphatic hydroxyl groups excluding tert-OH is 1. The molecule has 4 nitrogen and oxygen atoms in total. The van der Waals surface area contributed by atoms with Gasteiger partial charge < -0.3 is 15.2 Å². The summed E-state index contributed by atoms with van der Waals surface area (Å²) in [6.45, 7) is 2.44. The SMILES string of the molecule is CC(O)CCNC(=O)CCOc1ccccc1Cl. The van der Waals surface area contributed by atoms with Gasteiger partial charge in [0.05, 0.1) is 24.2 Å². The first kappa shape index (κ1) is 14.8. The number of carbonyl (C=O) groups excluding carboxylic acids is 1. The predicted octanol–water partition coefficient (Wildman–Crippen LogP) is 2.00. The Labute approximate surface area is 112 Å². The summed E-state index contributed by atoms with van der Waals surface area (Å²) in [4.78, 5) is 11.4. The molecular formula is C13H18ClNO3. The van der Waals surface area contributed by atoms with Crippen molar-refractivity contribution in [3.63, 3.8) is 0 Å². The third-order valence-corrected chi connectivity index (χ3v) is 2.62. The van der Waals surface area contributed by atoms with E-state index < -0.39 is 6.10 Å². The molecule has 0 aromatic heterocycles. The van der Waals surface area contributed by atoms with Crippen LogP contribution in [0.3, 0.4) is 0 Å². The minimum Gasteiger partial charge on any atom is -0.491 e. The first-order valence-electron chi connectivity index (χ1n) is 5.91. The Morgan fingerprint density at radius 1 is 1.50 bits per heavy atom. The van der Waals surface area contributed by atoms with Gasteiger partial charge in [-0.1, -0.05) is 23.7 Å². The molecule has 1 aromatic rings. The quantitative estimate of drug-likeness (QED) is 0.797. The maximum absolute atomic E-state index is 11.4. The van der Waals surface area contributed by atoms with Crippen LogP contribution in [0.25, 0.3) is 0 Å². The van der Waals surface area contributed by atoms with Gasteiger partial charge in [-0.25, -0.2) is 0 Å². The number of hydrogen-bond donors (Lipinski definition) is 2. The van der Waals surface area contributed by atoms with Gasteiger partial charge in [0.15, 0.2) is 0 Å². The number of benzene rings is 1. The van der Waals surface area contributed by atoms with Crippen molar-refractivity contribution in [1.29, 1.82) is 0 Å². The van der Waals surface area contributed by atoms with E-state index in [-0.39, 0.29) is 18.9 Å². The van der Waals surface area contributed by atoms with Crippen LogP contribution in [-0.2, 0) is 4.79 Å². The average Bonchev–Trinajstić information content (AvgIpc) is 2.31. The maximum Gasteiger partial charge on any atom is 0.223 e. The molecule has 0 saturated carbocycles. The van der Waals surface area contributed by atoms with Crippen LogP contribution in [0, 0.1) is 0 Å². The molecule has 1 atom stereocenters. The number of halogens is 1. The second kappa shape index (κ2) is 7.95. The molecular weight excluding hydrogens is 254 g/mol. The third-order valence-electron chi connectivity index (χ3n) is 2.31. The van der Waals surface area contributed by atoms with Gasteiger partial charge in [-0.05, 0) is 25.5 Å². The Morgan fingerprint density at radius 3 is 2.89 bits per heavy atom. The highest BCUT2D eigenvalue weighted by molar-refractivity contribution is 6.32. The topological polar surface area (TPSA) is 58.6 Å². The fourth-order valence-corrected chi connectivity index (χ4v) is 1.51. The monoisotopic (exact) mass is 271 g/mol. The molecule has 1 rings (SSSR count). The molecule has 1 amide bonds. The maximum atomic E-state index is 11.4. The van der Waals surface area contributed by atoms with Crippen LogP contribution in [0.5, 0.6) is 5.75 Å². The molecule has 0 aliphatic carbocycles. The molecule has 0 heterocycles. The summed E-state index contributed by atoms with van der Waals surface area (Å²) in [6.07, 6.45) is 0.423. The zero-order chi connectivity index (χ0) is 13.4. The zero-order valence-electron chi connectivity index (χ0n) is 10.4. The Hall–Kier alpha value is -1.26. The fraction of sp³-hybridized carbons (Fsp3) is 0.462. The van der Waals surface area contributed by atoms with Gasteiger partial charge in [0.1, 0.15) is 5.75 Å². The van der Waals surface area contributed by atoms with Crippen LogP contribution in [0.4, 0.5) is 0 Å². The second-order valence-corrected chi connectivity index (χ2v) is 4.42. The standard InChI is InChI=1S/C13H18ClNO3/c1-10(16)6-8-15-13(17)7-9-18-12-5-3-2-4-11(12)14/h2-5,10,16H,6-9H2,1H3,(H,15,17). The largest absolute Gasteiger partial charge is 0.491 e. The Bertz CT molecular complexity index is 382. The number of aliphatic hydroxyl groups is 1. The molecule has 18 heavy (non-hydrogen) atoms. The first-order valence-corrected chi connectivity index (χ1v) is 6.29. The van der Waals surface area contributed by atoms with Crippen molar-refractivity contribution in [3.8, 4) is 5.75 Å². The van der Waals surface area contributed by atoms with E-state index in [1.807, 2.05) is 12.1 Å². The number of para-hydroxylation sites is 1.